The standard InChI is InChI=1S/C13H23BrO/c1-5-9(3)11-7-12(14)13(6-2,8-11)10(4)15/h9,11-12H,5-8H2,1-4H3. The lowest BCUT2D eigenvalue weighted by molar-refractivity contribution is -0.126. The number of hydrogen-bond donors (Lipinski definition) is 0. The number of carbonyl (C=O) groups is 1. The van der Waals surface area contributed by atoms with E-state index in [4.69, 9.17) is 0 Å². The molecule has 0 aromatic carbocycles. The molecule has 0 bridgehead atoms. The number of hydrogen-bond acceptors (Lipinski definition) is 1. The fourth-order valence-corrected chi connectivity index (χ4v) is 4.23. The highest BCUT2D eigenvalue weighted by Crippen LogP contribution is 2.51. The molecule has 0 aliphatic heterocycles. The van der Waals surface area contributed by atoms with Crippen molar-refractivity contribution in [3.05, 3.63) is 0 Å². The van der Waals surface area contributed by atoms with E-state index in [0.29, 0.717) is 10.6 Å². The zero-order chi connectivity index (χ0) is 11.6. The van der Waals surface area contributed by atoms with Gasteiger partial charge in [-0.1, -0.05) is 43.1 Å². The molecule has 1 rings (SSSR count). The minimum Gasteiger partial charge on any atom is -0.299 e. The number of halogens is 1. The highest BCUT2D eigenvalue weighted by atomic mass is 79.9. The third-order valence-electron chi connectivity index (χ3n) is 4.52. The quantitative estimate of drug-likeness (QED) is 0.703. The van der Waals surface area contributed by atoms with Gasteiger partial charge >= 0.3 is 0 Å². The van der Waals surface area contributed by atoms with Crippen LogP contribution in [-0.2, 0) is 4.79 Å². The number of alkyl halides is 1. The van der Waals surface area contributed by atoms with Gasteiger partial charge in [0, 0.05) is 10.2 Å². The lowest BCUT2D eigenvalue weighted by Gasteiger charge is -2.28. The summed E-state index contributed by atoms with van der Waals surface area (Å²) in [5.41, 5.74) is -0.0753. The molecule has 0 aromatic rings. The molecule has 88 valence electrons. The number of rotatable bonds is 4. The first-order valence-electron chi connectivity index (χ1n) is 6.13. The second kappa shape index (κ2) is 4.99. The zero-order valence-electron chi connectivity index (χ0n) is 10.3. The van der Waals surface area contributed by atoms with Crippen molar-refractivity contribution in [1.29, 1.82) is 0 Å². The third-order valence-corrected chi connectivity index (χ3v) is 5.77. The Morgan fingerprint density at radius 1 is 1.53 bits per heavy atom. The van der Waals surface area contributed by atoms with Crippen LogP contribution in [-0.4, -0.2) is 10.6 Å². The maximum atomic E-state index is 11.8. The van der Waals surface area contributed by atoms with Crippen molar-refractivity contribution in [2.45, 2.75) is 58.2 Å². The van der Waals surface area contributed by atoms with Gasteiger partial charge in [0.2, 0.25) is 0 Å². The molecule has 1 fully saturated rings. The fraction of sp³-hybridized carbons (Fsp3) is 0.923. The molecule has 0 spiro atoms. The first-order chi connectivity index (χ1) is 6.97. The molecule has 1 saturated carbocycles. The summed E-state index contributed by atoms with van der Waals surface area (Å²) in [5.74, 6) is 1.85. The SMILES string of the molecule is CCC(C)C1CC(Br)C(CC)(C(C)=O)C1. The van der Waals surface area contributed by atoms with Gasteiger partial charge in [0.05, 0.1) is 0 Å². The second-order valence-electron chi connectivity index (χ2n) is 5.12. The van der Waals surface area contributed by atoms with E-state index >= 15 is 0 Å². The highest BCUT2D eigenvalue weighted by molar-refractivity contribution is 9.09. The lowest BCUT2D eigenvalue weighted by atomic mass is 9.77. The van der Waals surface area contributed by atoms with Gasteiger partial charge in [-0.25, -0.2) is 0 Å². The lowest BCUT2D eigenvalue weighted by Crippen LogP contribution is -2.33. The number of Topliss-reactive ketones (excluding diaryl/α,β-unsaturated/α-hetero) is 1. The molecule has 0 amide bonds. The predicted octanol–water partition coefficient (Wildman–Crippen LogP) is 4.19. The topological polar surface area (TPSA) is 17.1 Å². The largest absolute Gasteiger partial charge is 0.299 e. The van der Waals surface area contributed by atoms with Crippen LogP contribution in [0.3, 0.4) is 0 Å². The van der Waals surface area contributed by atoms with E-state index in [9.17, 15) is 4.79 Å². The maximum Gasteiger partial charge on any atom is 0.137 e. The van der Waals surface area contributed by atoms with Gasteiger partial charge in [0.1, 0.15) is 5.78 Å². The summed E-state index contributed by atoms with van der Waals surface area (Å²) in [6.45, 7) is 8.47. The van der Waals surface area contributed by atoms with Crippen LogP contribution in [0.15, 0.2) is 0 Å². The van der Waals surface area contributed by atoms with Gasteiger partial charge in [-0.05, 0) is 38.0 Å². The molecular weight excluding hydrogens is 252 g/mol. The molecule has 0 radical (unpaired) electrons. The second-order valence-corrected chi connectivity index (χ2v) is 6.22. The van der Waals surface area contributed by atoms with Gasteiger partial charge in [0.25, 0.3) is 0 Å². The first kappa shape index (κ1) is 13.2. The smallest absolute Gasteiger partial charge is 0.137 e. The summed E-state index contributed by atoms with van der Waals surface area (Å²) in [4.78, 5) is 12.2. The summed E-state index contributed by atoms with van der Waals surface area (Å²) in [7, 11) is 0. The Hall–Kier alpha value is 0.150. The monoisotopic (exact) mass is 274 g/mol. The minimum absolute atomic E-state index is 0.0753. The van der Waals surface area contributed by atoms with E-state index in [2.05, 4.69) is 36.7 Å². The molecule has 4 atom stereocenters. The molecule has 0 N–H and O–H groups in total. The van der Waals surface area contributed by atoms with Crippen LogP contribution in [0.4, 0.5) is 0 Å². The van der Waals surface area contributed by atoms with E-state index < -0.39 is 0 Å². The zero-order valence-corrected chi connectivity index (χ0v) is 11.9. The van der Waals surface area contributed by atoms with E-state index in [-0.39, 0.29) is 5.41 Å². The van der Waals surface area contributed by atoms with Crippen molar-refractivity contribution >= 4 is 21.7 Å². The third kappa shape index (κ3) is 2.30. The van der Waals surface area contributed by atoms with Crippen LogP contribution in [0.25, 0.3) is 0 Å². The van der Waals surface area contributed by atoms with Crippen molar-refractivity contribution in [2.75, 3.05) is 0 Å². The predicted molar refractivity (Wildman–Crippen MR) is 68.3 cm³/mol. The van der Waals surface area contributed by atoms with Crippen molar-refractivity contribution in [3.63, 3.8) is 0 Å². The van der Waals surface area contributed by atoms with Gasteiger partial charge in [-0.2, -0.15) is 0 Å². The van der Waals surface area contributed by atoms with Crippen LogP contribution in [0.5, 0.6) is 0 Å². The van der Waals surface area contributed by atoms with Crippen molar-refractivity contribution in [3.8, 4) is 0 Å². The Labute approximate surface area is 102 Å². The Morgan fingerprint density at radius 3 is 2.47 bits per heavy atom. The summed E-state index contributed by atoms with van der Waals surface area (Å²) >= 11 is 3.74. The number of ketones is 1. The van der Waals surface area contributed by atoms with Gasteiger partial charge in [0.15, 0.2) is 0 Å². The number of carbonyl (C=O) groups excluding carboxylic acids is 1. The summed E-state index contributed by atoms with van der Waals surface area (Å²) in [6, 6.07) is 0. The van der Waals surface area contributed by atoms with Crippen LogP contribution in [0, 0.1) is 17.3 Å². The molecule has 1 aliphatic rings. The summed E-state index contributed by atoms with van der Waals surface area (Å²) in [6.07, 6.45) is 4.46. The molecule has 15 heavy (non-hydrogen) atoms. The summed E-state index contributed by atoms with van der Waals surface area (Å²) in [5, 5.41) is 0. The normalized spacial score (nSPS) is 37.9. The van der Waals surface area contributed by atoms with E-state index in [1.165, 1.54) is 12.8 Å². The van der Waals surface area contributed by atoms with E-state index in [0.717, 1.165) is 24.7 Å². The first-order valence-corrected chi connectivity index (χ1v) is 7.04. The Morgan fingerprint density at radius 2 is 2.13 bits per heavy atom. The fourth-order valence-electron chi connectivity index (χ4n) is 2.92. The minimum atomic E-state index is -0.0753. The molecule has 2 heteroatoms. The average Bonchev–Trinajstić information content (AvgIpc) is 2.55. The van der Waals surface area contributed by atoms with E-state index in [1.807, 2.05) is 0 Å². The maximum absolute atomic E-state index is 11.8. The van der Waals surface area contributed by atoms with Crippen molar-refractivity contribution in [2.24, 2.45) is 17.3 Å². The molecule has 0 aromatic heterocycles. The molecule has 1 aliphatic carbocycles. The van der Waals surface area contributed by atoms with Gasteiger partial charge in [-0.15, -0.1) is 0 Å². The van der Waals surface area contributed by atoms with Crippen LogP contribution in [0.2, 0.25) is 0 Å². The van der Waals surface area contributed by atoms with Gasteiger partial charge < -0.3 is 0 Å². The van der Waals surface area contributed by atoms with Crippen LogP contribution >= 0.6 is 15.9 Å². The van der Waals surface area contributed by atoms with Crippen molar-refractivity contribution < 1.29 is 4.79 Å². The van der Waals surface area contributed by atoms with Gasteiger partial charge in [-0.3, -0.25) is 4.79 Å². The molecule has 0 saturated heterocycles. The van der Waals surface area contributed by atoms with E-state index in [1.54, 1.807) is 6.92 Å². The van der Waals surface area contributed by atoms with Crippen LogP contribution in [0.1, 0.15) is 53.4 Å². The molecule has 0 heterocycles. The Bertz CT molecular complexity index is 239. The molecular formula is C13H23BrO. The van der Waals surface area contributed by atoms with Crippen LogP contribution < -0.4 is 0 Å². The average molecular weight is 275 g/mol. The Balaban J connectivity index is 2.82. The Kier molecular flexibility index (Phi) is 4.39. The highest BCUT2D eigenvalue weighted by Gasteiger charge is 2.48. The molecule has 4 unspecified atom stereocenters. The molecule has 1 nitrogen and oxygen atoms in total. The summed E-state index contributed by atoms with van der Waals surface area (Å²) < 4.78 is 0. The van der Waals surface area contributed by atoms with Crippen molar-refractivity contribution in [1.82, 2.24) is 0 Å².